The Bertz CT molecular complexity index is 1220. The second-order valence-corrected chi connectivity index (χ2v) is 8.65. The molecule has 1 aliphatic heterocycles. The van der Waals surface area contributed by atoms with Crippen LogP contribution in [0.25, 0.3) is 5.57 Å². The van der Waals surface area contributed by atoms with Crippen molar-refractivity contribution in [3.05, 3.63) is 101 Å². The summed E-state index contributed by atoms with van der Waals surface area (Å²) in [5.74, 6) is 4.02. The number of ether oxygens (including phenoxy) is 1. The molecule has 3 aromatic carbocycles. The van der Waals surface area contributed by atoms with Crippen molar-refractivity contribution in [1.29, 1.82) is 0 Å². The molecule has 0 aromatic heterocycles. The highest BCUT2D eigenvalue weighted by Gasteiger charge is 2.15. The van der Waals surface area contributed by atoms with Crippen LogP contribution in [0.4, 0.5) is 4.39 Å². The number of hydrogen-bond donors (Lipinski definition) is 0. The first-order chi connectivity index (χ1) is 17.7. The van der Waals surface area contributed by atoms with Gasteiger partial charge in [-0.25, -0.2) is 4.39 Å². The van der Waals surface area contributed by atoms with Crippen LogP contribution in [-0.4, -0.2) is 31.0 Å². The average molecular weight is 483 g/mol. The van der Waals surface area contributed by atoms with Crippen LogP contribution in [0.3, 0.4) is 0 Å². The lowest BCUT2D eigenvalue weighted by Gasteiger charge is -2.26. The summed E-state index contributed by atoms with van der Waals surface area (Å²) in [5, 5.41) is 2.03. The molecule has 0 atom stereocenters. The first-order valence-corrected chi connectivity index (χ1v) is 12.3. The van der Waals surface area contributed by atoms with Gasteiger partial charge in [-0.05, 0) is 72.5 Å². The summed E-state index contributed by atoms with van der Waals surface area (Å²) in [6, 6.07) is 22.3. The standard InChI is InChI=1S/C31H31FN2O2/c1-3-4-8-30(25-11-17-28(35-2)18-12-25)31(33-23-24-9-15-27(32)16-10-24)26-13-19-29(20-14-26)36-34-21-6-5-7-22-34/h1,8-20H,4-7,21-23H2,2H3/b30-8-,33-31?. The molecule has 5 heteroatoms. The Balaban J connectivity index is 1.68. The van der Waals surface area contributed by atoms with Gasteiger partial charge in [-0.2, -0.15) is 0 Å². The van der Waals surface area contributed by atoms with E-state index in [1.165, 1.54) is 18.6 Å². The summed E-state index contributed by atoms with van der Waals surface area (Å²) in [7, 11) is 1.65. The molecule has 1 saturated heterocycles. The van der Waals surface area contributed by atoms with Crippen molar-refractivity contribution in [1.82, 2.24) is 5.06 Å². The van der Waals surface area contributed by atoms with Crippen LogP contribution < -0.4 is 9.57 Å². The molecule has 0 bridgehead atoms. The number of halogens is 1. The zero-order chi connectivity index (χ0) is 25.2. The molecular weight excluding hydrogens is 451 g/mol. The van der Waals surface area contributed by atoms with Gasteiger partial charge in [0, 0.05) is 30.6 Å². The molecule has 36 heavy (non-hydrogen) atoms. The van der Waals surface area contributed by atoms with Crippen LogP contribution in [0.15, 0.2) is 83.9 Å². The smallest absolute Gasteiger partial charge is 0.147 e. The molecule has 4 rings (SSSR count). The fraction of sp³-hybridized carbons (Fsp3) is 0.258. The third-order valence-corrected chi connectivity index (χ3v) is 6.09. The number of piperidine rings is 1. The Morgan fingerprint density at radius 3 is 2.19 bits per heavy atom. The molecular formula is C31H31FN2O2. The third kappa shape index (κ3) is 6.84. The van der Waals surface area contributed by atoms with E-state index in [0.717, 1.165) is 65.4 Å². The highest BCUT2D eigenvalue weighted by molar-refractivity contribution is 6.31. The second-order valence-electron chi connectivity index (χ2n) is 8.65. The summed E-state index contributed by atoms with van der Waals surface area (Å²) >= 11 is 0. The van der Waals surface area contributed by atoms with Gasteiger partial charge in [0.2, 0.25) is 0 Å². The van der Waals surface area contributed by atoms with E-state index in [1.807, 2.05) is 59.7 Å². The number of terminal acetylenes is 1. The lowest BCUT2D eigenvalue weighted by molar-refractivity contribution is -0.0719. The van der Waals surface area contributed by atoms with Gasteiger partial charge >= 0.3 is 0 Å². The molecule has 3 aromatic rings. The SMILES string of the molecule is C#CC/C=C(\C(=NCc1ccc(F)cc1)c1ccc(ON2CCCCC2)cc1)c1ccc(OC)cc1. The largest absolute Gasteiger partial charge is 0.497 e. The topological polar surface area (TPSA) is 34.1 Å². The van der Waals surface area contributed by atoms with Crippen LogP contribution in [-0.2, 0) is 6.54 Å². The van der Waals surface area contributed by atoms with Gasteiger partial charge in [-0.15, -0.1) is 17.4 Å². The van der Waals surface area contributed by atoms with Crippen molar-refractivity contribution in [3.63, 3.8) is 0 Å². The molecule has 0 radical (unpaired) electrons. The predicted molar refractivity (Wildman–Crippen MR) is 144 cm³/mol. The summed E-state index contributed by atoms with van der Waals surface area (Å²) in [4.78, 5) is 11.1. The van der Waals surface area contributed by atoms with Gasteiger partial charge in [0.25, 0.3) is 0 Å². The van der Waals surface area contributed by atoms with Crippen LogP contribution in [0.1, 0.15) is 42.4 Å². The second kappa shape index (κ2) is 12.7. The Hall–Kier alpha value is -3.88. The highest BCUT2D eigenvalue weighted by atomic mass is 19.1. The molecule has 1 aliphatic rings. The number of hydrogen-bond acceptors (Lipinski definition) is 4. The van der Waals surface area contributed by atoms with Gasteiger partial charge < -0.3 is 9.57 Å². The maximum atomic E-state index is 13.4. The maximum Gasteiger partial charge on any atom is 0.147 e. The fourth-order valence-electron chi connectivity index (χ4n) is 4.15. The van der Waals surface area contributed by atoms with Gasteiger partial charge in [0.05, 0.1) is 19.4 Å². The molecule has 184 valence electrons. The Morgan fingerprint density at radius 2 is 1.56 bits per heavy atom. The van der Waals surface area contributed by atoms with Crippen LogP contribution in [0.5, 0.6) is 11.5 Å². The molecule has 0 unspecified atom stereocenters. The number of allylic oxidation sites excluding steroid dienone is 2. The number of rotatable bonds is 9. The van der Waals surface area contributed by atoms with Crippen molar-refractivity contribution >= 4 is 11.3 Å². The first-order valence-electron chi connectivity index (χ1n) is 12.3. The molecule has 1 heterocycles. The van der Waals surface area contributed by atoms with Gasteiger partial charge in [0.15, 0.2) is 0 Å². The normalized spacial score (nSPS) is 14.8. The van der Waals surface area contributed by atoms with E-state index in [9.17, 15) is 4.39 Å². The molecule has 0 amide bonds. The van der Waals surface area contributed by atoms with Crippen LogP contribution >= 0.6 is 0 Å². The summed E-state index contributed by atoms with van der Waals surface area (Å²) in [6.45, 7) is 2.30. The molecule has 0 saturated carbocycles. The zero-order valence-corrected chi connectivity index (χ0v) is 20.6. The molecule has 4 nitrogen and oxygen atoms in total. The van der Waals surface area contributed by atoms with Crippen LogP contribution in [0, 0.1) is 18.2 Å². The van der Waals surface area contributed by atoms with Gasteiger partial charge in [-0.1, -0.05) is 36.8 Å². The number of methoxy groups -OCH3 is 1. The quantitative estimate of drug-likeness (QED) is 0.251. The number of benzene rings is 3. The van der Waals surface area contributed by atoms with Crippen molar-refractivity contribution < 1.29 is 14.0 Å². The van der Waals surface area contributed by atoms with Crippen molar-refractivity contribution in [3.8, 4) is 23.8 Å². The average Bonchev–Trinajstić information content (AvgIpc) is 2.93. The fourth-order valence-corrected chi connectivity index (χ4v) is 4.15. The number of hydroxylamine groups is 2. The lowest BCUT2D eigenvalue weighted by Crippen LogP contribution is -2.32. The minimum atomic E-state index is -0.264. The summed E-state index contributed by atoms with van der Waals surface area (Å²) in [6.07, 6.45) is 11.7. The monoisotopic (exact) mass is 482 g/mol. The highest BCUT2D eigenvalue weighted by Crippen LogP contribution is 2.26. The minimum absolute atomic E-state index is 0.264. The van der Waals surface area contributed by atoms with Crippen molar-refractivity contribution in [2.75, 3.05) is 20.2 Å². The zero-order valence-electron chi connectivity index (χ0n) is 20.6. The molecule has 0 spiro atoms. The van der Waals surface area contributed by atoms with E-state index < -0.39 is 0 Å². The summed E-state index contributed by atoms with van der Waals surface area (Å²) < 4.78 is 18.8. The van der Waals surface area contributed by atoms with E-state index in [0.29, 0.717) is 13.0 Å². The van der Waals surface area contributed by atoms with Gasteiger partial charge in [-0.3, -0.25) is 4.99 Å². The number of aliphatic imine (C=N–C) groups is 1. The molecule has 0 aliphatic carbocycles. The van der Waals surface area contributed by atoms with E-state index >= 15 is 0 Å². The third-order valence-electron chi connectivity index (χ3n) is 6.09. The molecule has 1 fully saturated rings. The van der Waals surface area contributed by atoms with Crippen molar-refractivity contribution in [2.24, 2.45) is 4.99 Å². The lowest BCUT2D eigenvalue weighted by atomic mass is 9.94. The van der Waals surface area contributed by atoms with Crippen LogP contribution in [0.2, 0.25) is 0 Å². The Labute approximate surface area is 213 Å². The molecule has 0 N–H and O–H groups in total. The van der Waals surface area contributed by atoms with Crippen molar-refractivity contribution in [2.45, 2.75) is 32.2 Å². The minimum Gasteiger partial charge on any atom is -0.497 e. The van der Waals surface area contributed by atoms with E-state index in [2.05, 4.69) is 5.92 Å². The number of nitrogens with zero attached hydrogens (tertiary/aromatic N) is 2. The Morgan fingerprint density at radius 1 is 0.917 bits per heavy atom. The first kappa shape index (κ1) is 25.2. The van der Waals surface area contributed by atoms with E-state index in [-0.39, 0.29) is 5.82 Å². The Kier molecular flexibility index (Phi) is 8.91. The predicted octanol–water partition coefficient (Wildman–Crippen LogP) is 6.71. The van der Waals surface area contributed by atoms with Gasteiger partial charge in [0.1, 0.15) is 17.3 Å². The summed E-state index contributed by atoms with van der Waals surface area (Å²) in [5.41, 5.74) is 4.59. The maximum absolute atomic E-state index is 13.4. The van der Waals surface area contributed by atoms with E-state index in [1.54, 1.807) is 19.2 Å². The van der Waals surface area contributed by atoms with E-state index in [4.69, 9.17) is 21.0 Å².